The van der Waals surface area contributed by atoms with Crippen molar-refractivity contribution in [2.45, 2.75) is 18.9 Å². The van der Waals surface area contributed by atoms with Crippen molar-refractivity contribution in [1.82, 2.24) is 4.90 Å². The van der Waals surface area contributed by atoms with Crippen LogP contribution in [0.25, 0.3) is 0 Å². The molecule has 0 fully saturated rings. The normalized spacial score (nSPS) is 16.2. The van der Waals surface area contributed by atoms with E-state index >= 15 is 0 Å². The Labute approximate surface area is 85.2 Å². The summed E-state index contributed by atoms with van der Waals surface area (Å²) in [4.78, 5) is 2.25. The molecule has 0 bridgehead atoms. The summed E-state index contributed by atoms with van der Waals surface area (Å²) in [6.45, 7) is 1.03. The van der Waals surface area contributed by atoms with E-state index in [1.54, 1.807) is 0 Å². The number of aliphatic hydroxyl groups excluding tert-OH is 1. The zero-order valence-corrected chi connectivity index (χ0v) is 8.61. The fourth-order valence-electron chi connectivity index (χ4n) is 2.19. The Balaban J connectivity index is 2.04. The Morgan fingerprint density at radius 1 is 1.29 bits per heavy atom. The van der Waals surface area contributed by atoms with Crippen LogP contribution in [0.4, 0.5) is 0 Å². The first-order valence-electron chi connectivity index (χ1n) is 5.19. The predicted molar refractivity (Wildman–Crippen MR) is 57.4 cm³/mol. The topological polar surface area (TPSA) is 23.5 Å². The highest BCUT2D eigenvalue weighted by Gasteiger charge is 2.23. The molecule has 2 rings (SSSR count). The van der Waals surface area contributed by atoms with Crippen LogP contribution in [-0.4, -0.2) is 36.2 Å². The van der Waals surface area contributed by atoms with Gasteiger partial charge in [0, 0.05) is 12.6 Å². The highest BCUT2D eigenvalue weighted by Crippen LogP contribution is 2.24. The molecule has 14 heavy (non-hydrogen) atoms. The van der Waals surface area contributed by atoms with Crippen LogP contribution in [0.15, 0.2) is 24.3 Å². The number of benzene rings is 1. The molecule has 1 aliphatic carbocycles. The lowest BCUT2D eigenvalue weighted by molar-refractivity contribution is 0.183. The predicted octanol–water partition coefficient (Wildman–Crippen LogP) is 1.08. The van der Waals surface area contributed by atoms with Crippen LogP contribution in [0.5, 0.6) is 0 Å². The number of hydrogen-bond acceptors (Lipinski definition) is 2. The highest BCUT2D eigenvalue weighted by atomic mass is 16.3. The minimum atomic E-state index is 0.253. The quantitative estimate of drug-likeness (QED) is 0.772. The lowest BCUT2D eigenvalue weighted by Gasteiger charge is -2.22. The van der Waals surface area contributed by atoms with Gasteiger partial charge in [-0.05, 0) is 31.0 Å². The van der Waals surface area contributed by atoms with Crippen LogP contribution in [0.3, 0.4) is 0 Å². The molecule has 0 aliphatic heterocycles. The van der Waals surface area contributed by atoms with Gasteiger partial charge in [-0.1, -0.05) is 24.3 Å². The molecule has 2 heteroatoms. The summed E-state index contributed by atoms with van der Waals surface area (Å²) in [5.41, 5.74) is 2.95. The molecule has 2 nitrogen and oxygen atoms in total. The first-order valence-corrected chi connectivity index (χ1v) is 5.19. The molecule has 1 aromatic rings. The zero-order chi connectivity index (χ0) is 9.97. The van der Waals surface area contributed by atoms with Gasteiger partial charge in [-0.15, -0.1) is 0 Å². The van der Waals surface area contributed by atoms with Gasteiger partial charge in [-0.3, -0.25) is 0 Å². The number of fused-ring (bicyclic) bond motifs is 1. The van der Waals surface area contributed by atoms with Gasteiger partial charge in [0.05, 0.1) is 6.61 Å². The Bertz CT molecular complexity index is 286. The van der Waals surface area contributed by atoms with Crippen LogP contribution in [0.1, 0.15) is 11.1 Å². The number of rotatable bonds is 3. The lowest BCUT2D eigenvalue weighted by atomic mass is 10.1. The summed E-state index contributed by atoms with van der Waals surface area (Å²) in [6, 6.07) is 9.21. The molecule has 0 radical (unpaired) electrons. The Morgan fingerprint density at radius 3 is 2.36 bits per heavy atom. The molecule has 0 saturated heterocycles. The van der Waals surface area contributed by atoms with Gasteiger partial charge in [0.1, 0.15) is 0 Å². The molecule has 0 aromatic heterocycles. The first-order chi connectivity index (χ1) is 6.81. The maximum atomic E-state index is 8.87. The first kappa shape index (κ1) is 9.69. The minimum Gasteiger partial charge on any atom is -0.395 e. The number of nitrogens with zero attached hydrogens (tertiary/aromatic N) is 1. The summed E-state index contributed by atoms with van der Waals surface area (Å²) in [5, 5.41) is 8.87. The second-order valence-corrected chi connectivity index (χ2v) is 4.03. The van der Waals surface area contributed by atoms with Crippen LogP contribution in [0.2, 0.25) is 0 Å². The van der Waals surface area contributed by atoms with Crippen LogP contribution >= 0.6 is 0 Å². The largest absolute Gasteiger partial charge is 0.395 e. The molecule has 1 aromatic carbocycles. The van der Waals surface area contributed by atoms with Gasteiger partial charge < -0.3 is 10.0 Å². The number of likely N-dealkylation sites (N-methyl/N-ethyl adjacent to an activating group) is 1. The van der Waals surface area contributed by atoms with E-state index in [9.17, 15) is 0 Å². The van der Waals surface area contributed by atoms with Crippen LogP contribution in [0, 0.1) is 0 Å². The van der Waals surface area contributed by atoms with E-state index in [1.165, 1.54) is 11.1 Å². The monoisotopic (exact) mass is 191 g/mol. The van der Waals surface area contributed by atoms with Gasteiger partial charge in [-0.25, -0.2) is 0 Å². The molecule has 0 unspecified atom stereocenters. The van der Waals surface area contributed by atoms with E-state index < -0.39 is 0 Å². The standard InChI is InChI=1S/C12H17NO/c1-13(6-7-14)12-8-10-4-2-3-5-11(10)9-12/h2-5,12,14H,6-9H2,1H3. The highest BCUT2D eigenvalue weighted by molar-refractivity contribution is 5.33. The van der Waals surface area contributed by atoms with Gasteiger partial charge in [0.15, 0.2) is 0 Å². The van der Waals surface area contributed by atoms with Gasteiger partial charge >= 0.3 is 0 Å². The molecule has 0 atom stereocenters. The van der Waals surface area contributed by atoms with Gasteiger partial charge in [0.2, 0.25) is 0 Å². The summed E-state index contributed by atoms with van der Waals surface area (Å²) in [7, 11) is 2.09. The summed E-state index contributed by atoms with van der Waals surface area (Å²) >= 11 is 0. The number of aliphatic hydroxyl groups is 1. The van der Waals surface area contributed by atoms with Crippen molar-refractivity contribution in [2.24, 2.45) is 0 Å². The van der Waals surface area contributed by atoms with E-state index in [1.807, 2.05) is 0 Å². The van der Waals surface area contributed by atoms with E-state index in [-0.39, 0.29) is 6.61 Å². The maximum Gasteiger partial charge on any atom is 0.0558 e. The van der Waals surface area contributed by atoms with E-state index in [4.69, 9.17) is 5.11 Å². The molecule has 1 aliphatic rings. The zero-order valence-electron chi connectivity index (χ0n) is 8.61. The van der Waals surface area contributed by atoms with E-state index in [2.05, 4.69) is 36.2 Å². The van der Waals surface area contributed by atoms with E-state index in [0.29, 0.717) is 6.04 Å². The fraction of sp³-hybridized carbons (Fsp3) is 0.500. The second-order valence-electron chi connectivity index (χ2n) is 4.03. The maximum absolute atomic E-state index is 8.87. The van der Waals surface area contributed by atoms with Crippen molar-refractivity contribution in [3.05, 3.63) is 35.4 Å². The molecule has 76 valence electrons. The Morgan fingerprint density at radius 2 is 1.86 bits per heavy atom. The number of hydrogen-bond donors (Lipinski definition) is 1. The van der Waals surface area contributed by atoms with Gasteiger partial charge in [0.25, 0.3) is 0 Å². The molecular weight excluding hydrogens is 174 g/mol. The molecule has 1 N–H and O–H groups in total. The fourth-order valence-corrected chi connectivity index (χ4v) is 2.19. The van der Waals surface area contributed by atoms with Gasteiger partial charge in [-0.2, -0.15) is 0 Å². The second kappa shape index (κ2) is 4.11. The van der Waals surface area contributed by atoms with Crippen molar-refractivity contribution < 1.29 is 5.11 Å². The third-order valence-corrected chi connectivity index (χ3v) is 3.11. The summed E-state index contributed by atoms with van der Waals surface area (Å²) in [6.07, 6.45) is 2.26. The van der Waals surface area contributed by atoms with Crippen LogP contribution in [-0.2, 0) is 12.8 Å². The summed E-state index contributed by atoms with van der Waals surface area (Å²) in [5.74, 6) is 0. The van der Waals surface area contributed by atoms with Crippen LogP contribution < -0.4 is 0 Å². The summed E-state index contributed by atoms with van der Waals surface area (Å²) < 4.78 is 0. The van der Waals surface area contributed by atoms with Crippen molar-refractivity contribution in [2.75, 3.05) is 20.2 Å². The smallest absolute Gasteiger partial charge is 0.0558 e. The minimum absolute atomic E-state index is 0.253. The average Bonchev–Trinajstić information content (AvgIpc) is 2.61. The molecule has 0 saturated carbocycles. The molecular formula is C12H17NO. The molecule has 0 spiro atoms. The van der Waals surface area contributed by atoms with Crippen molar-refractivity contribution in [3.8, 4) is 0 Å². The molecule has 0 amide bonds. The SMILES string of the molecule is CN(CCO)C1Cc2ccccc2C1. The van der Waals surface area contributed by atoms with Crippen molar-refractivity contribution >= 4 is 0 Å². The molecule has 0 heterocycles. The van der Waals surface area contributed by atoms with Crippen molar-refractivity contribution in [1.29, 1.82) is 0 Å². The van der Waals surface area contributed by atoms with Crippen molar-refractivity contribution in [3.63, 3.8) is 0 Å². The van der Waals surface area contributed by atoms with E-state index in [0.717, 1.165) is 19.4 Å². The third-order valence-electron chi connectivity index (χ3n) is 3.11. The third kappa shape index (κ3) is 1.81. The Hall–Kier alpha value is -0.860. The average molecular weight is 191 g/mol. The lowest BCUT2D eigenvalue weighted by Crippen LogP contribution is -2.34. The Kier molecular flexibility index (Phi) is 2.85.